The minimum Gasteiger partial charge on any atom is -0.393 e. The summed E-state index contributed by atoms with van der Waals surface area (Å²) in [6.45, 7) is 1.06. The molecule has 0 radical (unpaired) electrons. The van der Waals surface area contributed by atoms with Gasteiger partial charge in [-0.25, -0.2) is 0 Å². The Morgan fingerprint density at radius 2 is 1.89 bits per heavy atom. The molecule has 4 heteroatoms. The normalized spacial score (nSPS) is 31.6. The molecule has 1 aliphatic heterocycles. The van der Waals surface area contributed by atoms with Gasteiger partial charge < -0.3 is 5.11 Å². The Morgan fingerprint density at radius 3 is 2.58 bits per heavy atom. The lowest BCUT2D eigenvalue weighted by Gasteiger charge is -2.24. The van der Waals surface area contributed by atoms with Crippen LogP contribution in [0.2, 0.25) is 0 Å². The maximum Gasteiger partial charge on any atom is 0.285 e. The second-order valence-corrected chi connectivity index (χ2v) is 5.83. The smallest absolute Gasteiger partial charge is 0.285 e. The number of likely N-dealkylation sites (tertiary alicyclic amines) is 1. The zero-order chi connectivity index (χ0) is 13.5. The van der Waals surface area contributed by atoms with Crippen LogP contribution in [0.25, 0.3) is 0 Å². The third kappa shape index (κ3) is 2.51. The third-order valence-electron chi connectivity index (χ3n) is 4.51. The van der Waals surface area contributed by atoms with Gasteiger partial charge >= 0.3 is 0 Å². The molecule has 0 amide bonds. The molecule has 1 saturated heterocycles. The van der Waals surface area contributed by atoms with Gasteiger partial charge in [0, 0.05) is 24.6 Å². The number of halogens is 2. The summed E-state index contributed by atoms with van der Waals surface area (Å²) in [6, 6.07) is 7.99. The van der Waals surface area contributed by atoms with Gasteiger partial charge in [-0.05, 0) is 18.8 Å². The third-order valence-corrected chi connectivity index (χ3v) is 4.51. The van der Waals surface area contributed by atoms with E-state index in [0.29, 0.717) is 19.0 Å². The fourth-order valence-electron chi connectivity index (χ4n) is 3.51. The summed E-state index contributed by atoms with van der Waals surface area (Å²) in [5.74, 6) is -2.21. The lowest BCUT2D eigenvalue weighted by Crippen LogP contribution is -2.35. The van der Waals surface area contributed by atoms with Crippen molar-refractivity contribution in [2.45, 2.75) is 24.9 Å². The Bertz CT molecular complexity index is 437. The molecule has 104 valence electrons. The first-order valence-corrected chi connectivity index (χ1v) is 6.90. The van der Waals surface area contributed by atoms with Crippen LogP contribution in [0.15, 0.2) is 30.3 Å². The molecule has 2 fully saturated rings. The molecule has 1 heterocycles. The van der Waals surface area contributed by atoms with Gasteiger partial charge in [-0.2, -0.15) is 8.78 Å². The first-order chi connectivity index (χ1) is 9.06. The molecule has 2 aliphatic rings. The monoisotopic (exact) mass is 267 g/mol. The van der Waals surface area contributed by atoms with Crippen LogP contribution in [0.5, 0.6) is 0 Å². The highest BCUT2D eigenvalue weighted by Gasteiger charge is 2.44. The van der Waals surface area contributed by atoms with Gasteiger partial charge in [0.05, 0.1) is 12.6 Å². The number of fused-ring (bicyclic) bond motifs is 1. The Morgan fingerprint density at radius 1 is 1.16 bits per heavy atom. The molecule has 3 rings (SSSR count). The minimum absolute atomic E-state index is 0.0765. The van der Waals surface area contributed by atoms with Crippen LogP contribution in [0.4, 0.5) is 8.78 Å². The highest BCUT2D eigenvalue weighted by molar-refractivity contribution is 5.20. The molecular weight excluding hydrogens is 248 g/mol. The van der Waals surface area contributed by atoms with Crippen molar-refractivity contribution in [1.29, 1.82) is 0 Å². The first kappa shape index (κ1) is 13.0. The summed E-state index contributed by atoms with van der Waals surface area (Å²) >= 11 is 0. The highest BCUT2D eigenvalue weighted by atomic mass is 19.3. The van der Waals surface area contributed by atoms with E-state index in [1.807, 2.05) is 4.90 Å². The number of rotatable bonds is 3. The average molecular weight is 267 g/mol. The van der Waals surface area contributed by atoms with E-state index in [-0.39, 0.29) is 24.1 Å². The summed E-state index contributed by atoms with van der Waals surface area (Å²) < 4.78 is 28.4. The predicted molar refractivity (Wildman–Crippen MR) is 69.0 cm³/mol. The van der Waals surface area contributed by atoms with E-state index in [0.717, 1.165) is 12.8 Å². The van der Waals surface area contributed by atoms with Crippen LogP contribution in [0.1, 0.15) is 18.4 Å². The first-order valence-electron chi connectivity index (χ1n) is 6.90. The molecule has 2 nitrogen and oxygen atoms in total. The largest absolute Gasteiger partial charge is 0.393 e. The van der Waals surface area contributed by atoms with Crippen LogP contribution in [0, 0.1) is 11.8 Å². The van der Waals surface area contributed by atoms with Gasteiger partial charge in [-0.1, -0.05) is 30.3 Å². The van der Waals surface area contributed by atoms with E-state index >= 15 is 0 Å². The zero-order valence-electron chi connectivity index (χ0n) is 10.8. The number of hydrogen-bond donors (Lipinski definition) is 1. The van der Waals surface area contributed by atoms with Crippen molar-refractivity contribution in [3.8, 4) is 0 Å². The van der Waals surface area contributed by atoms with Gasteiger partial charge in [-0.15, -0.1) is 0 Å². The Balaban J connectivity index is 1.66. The minimum atomic E-state index is -2.81. The zero-order valence-corrected chi connectivity index (χ0v) is 10.8. The van der Waals surface area contributed by atoms with E-state index in [4.69, 9.17) is 0 Å². The summed E-state index contributed by atoms with van der Waals surface area (Å²) in [6.07, 6.45) is 1.51. The maximum absolute atomic E-state index is 14.2. The molecule has 0 aromatic heterocycles. The van der Waals surface area contributed by atoms with Crippen molar-refractivity contribution in [1.82, 2.24) is 4.90 Å². The number of nitrogens with zero attached hydrogens (tertiary/aromatic N) is 1. The maximum atomic E-state index is 14.2. The standard InChI is InChI=1S/C15H19F2NO/c16-15(17,12-4-2-1-3-5-12)10-18-8-11-6-7-14(19)13(11)9-18/h1-5,11,13-14,19H,6-10H2. The fraction of sp³-hybridized carbons (Fsp3) is 0.600. The van der Waals surface area contributed by atoms with Crippen molar-refractivity contribution < 1.29 is 13.9 Å². The molecule has 1 aromatic rings. The summed E-state index contributed by atoms with van der Waals surface area (Å²) in [4.78, 5) is 1.81. The van der Waals surface area contributed by atoms with Gasteiger partial charge in [0.25, 0.3) is 5.92 Å². The number of aliphatic hydroxyl groups is 1. The lowest BCUT2D eigenvalue weighted by molar-refractivity contribution is -0.0356. The highest BCUT2D eigenvalue weighted by Crippen LogP contribution is 2.40. The molecule has 19 heavy (non-hydrogen) atoms. The van der Waals surface area contributed by atoms with Crippen molar-refractivity contribution >= 4 is 0 Å². The molecule has 1 aliphatic carbocycles. The Kier molecular flexibility index (Phi) is 3.31. The quantitative estimate of drug-likeness (QED) is 0.909. The van der Waals surface area contributed by atoms with E-state index < -0.39 is 5.92 Å². The molecule has 3 unspecified atom stereocenters. The SMILES string of the molecule is OC1CCC2CN(CC(F)(F)c3ccccc3)CC12. The average Bonchev–Trinajstić information content (AvgIpc) is 2.92. The van der Waals surface area contributed by atoms with Crippen molar-refractivity contribution in [3.05, 3.63) is 35.9 Å². The van der Waals surface area contributed by atoms with Crippen LogP contribution >= 0.6 is 0 Å². The summed E-state index contributed by atoms with van der Waals surface area (Å²) in [7, 11) is 0. The summed E-state index contributed by atoms with van der Waals surface area (Å²) in [5, 5.41) is 9.82. The van der Waals surface area contributed by atoms with Crippen LogP contribution < -0.4 is 0 Å². The predicted octanol–water partition coefficient (Wildman–Crippen LogP) is 2.48. The Hall–Kier alpha value is -1.00. The van der Waals surface area contributed by atoms with E-state index in [1.165, 1.54) is 12.1 Å². The lowest BCUT2D eigenvalue weighted by atomic mass is 10.00. The van der Waals surface area contributed by atoms with Crippen molar-refractivity contribution in [2.75, 3.05) is 19.6 Å². The molecule has 1 saturated carbocycles. The van der Waals surface area contributed by atoms with Crippen molar-refractivity contribution in [2.24, 2.45) is 11.8 Å². The molecule has 3 atom stereocenters. The summed E-state index contributed by atoms with van der Waals surface area (Å²) in [5.41, 5.74) is 0.0765. The van der Waals surface area contributed by atoms with E-state index in [9.17, 15) is 13.9 Å². The number of benzene rings is 1. The van der Waals surface area contributed by atoms with E-state index in [1.54, 1.807) is 18.2 Å². The van der Waals surface area contributed by atoms with Gasteiger partial charge in [0.2, 0.25) is 0 Å². The van der Waals surface area contributed by atoms with Crippen LogP contribution in [-0.2, 0) is 5.92 Å². The topological polar surface area (TPSA) is 23.5 Å². The van der Waals surface area contributed by atoms with Crippen LogP contribution in [-0.4, -0.2) is 35.7 Å². The van der Waals surface area contributed by atoms with Gasteiger partial charge in [0.1, 0.15) is 0 Å². The molecule has 0 spiro atoms. The molecule has 0 bridgehead atoms. The second kappa shape index (κ2) is 4.84. The number of alkyl halides is 2. The van der Waals surface area contributed by atoms with E-state index in [2.05, 4.69) is 0 Å². The molecule has 1 aromatic carbocycles. The van der Waals surface area contributed by atoms with Gasteiger partial charge in [-0.3, -0.25) is 4.90 Å². The van der Waals surface area contributed by atoms with Crippen LogP contribution in [0.3, 0.4) is 0 Å². The Labute approximate surface area is 112 Å². The number of hydrogen-bond acceptors (Lipinski definition) is 2. The van der Waals surface area contributed by atoms with Gasteiger partial charge in [0.15, 0.2) is 0 Å². The fourth-order valence-corrected chi connectivity index (χ4v) is 3.51. The second-order valence-electron chi connectivity index (χ2n) is 5.83. The molecular formula is C15H19F2NO. The molecule has 1 N–H and O–H groups in total. The number of aliphatic hydroxyl groups excluding tert-OH is 1. The van der Waals surface area contributed by atoms with Crippen molar-refractivity contribution in [3.63, 3.8) is 0 Å².